The highest BCUT2D eigenvalue weighted by molar-refractivity contribution is 9.10. The van der Waals surface area contributed by atoms with Crippen LogP contribution in [0.15, 0.2) is 22.7 Å². The second-order valence-corrected chi connectivity index (χ2v) is 6.19. The smallest absolute Gasteiger partial charge is 0.139 e. The Morgan fingerprint density at radius 2 is 2.26 bits per heavy atom. The quantitative estimate of drug-likeness (QED) is 0.866. The molecule has 1 aromatic rings. The Bertz CT molecular complexity index is 506. The molecule has 5 heteroatoms. The molecule has 1 aliphatic carbocycles. The Balaban J connectivity index is 2.04. The first-order valence-electron chi connectivity index (χ1n) is 6.42. The van der Waals surface area contributed by atoms with Crippen molar-refractivity contribution in [2.75, 3.05) is 13.2 Å². The Morgan fingerprint density at radius 1 is 1.47 bits per heavy atom. The molecule has 1 saturated heterocycles. The van der Waals surface area contributed by atoms with Gasteiger partial charge in [0.1, 0.15) is 12.1 Å². The summed E-state index contributed by atoms with van der Waals surface area (Å²) in [5.41, 5.74) is 0.0217. The minimum absolute atomic E-state index is 0.252. The van der Waals surface area contributed by atoms with Crippen LogP contribution in [0.25, 0.3) is 0 Å². The molecule has 0 spiro atoms. The minimum atomic E-state index is -0.572. The number of halogens is 2. The molecule has 2 unspecified atom stereocenters. The van der Waals surface area contributed by atoms with Gasteiger partial charge < -0.3 is 9.53 Å². The molecule has 0 amide bonds. The number of ether oxygens (including phenoxy) is 1. The summed E-state index contributed by atoms with van der Waals surface area (Å²) in [5, 5.41) is 3.31. The number of carbonyl (C=O) groups excluding carboxylic acids is 1. The molecular weight excluding hydrogens is 313 g/mol. The summed E-state index contributed by atoms with van der Waals surface area (Å²) in [6, 6.07) is 4.56. The Morgan fingerprint density at radius 3 is 2.95 bits per heavy atom. The zero-order valence-corrected chi connectivity index (χ0v) is 12.0. The number of carbonyl (C=O) groups is 1. The first-order chi connectivity index (χ1) is 9.15. The third kappa shape index (κ3) is 2.35. The van der Waals surface area contributed by atoms with Crippen molar-refractivity contribution in [3.05, 3.63) is 34.1 Å². The lowest BCUT2D eigenvalue weighted by atomic mass is 9.83. The van der Waals surface area contributed by atoms with E-state index in [-0.39, 0.29) is 11.9 Å². The van der Waals surface area contributed by atoms with Crippen molar-refractivity contribution in [1.82, 2.24) is 5.32 Å². The largest absolute Gasteiger partial charge is 0.377 e. The van der Waals surface area contributed by atoms with Crippen LogP contribution in [0.1, 0.15) is 18.4 Å². The van der Waals surface area contributed by atoms with Crippen LogP contribution in [0.3, 0.4) is 0 Å². The van der Waals surface area contributed by atoms with Gasteiger partial charge in [0.2, 0.25) is 0 Å². The van der Waals surface area contributed by atoms with Crippen molar-refractivity contribution >= 4 is 22.2 Å². The molecule has 102 valence electrons. The van der Waals surface area contributed by atoms with Gasteiger partial charge in [-0.15, -0.1) is 0 Å². The van der Waals surface area contributed by atoms with E-state index in [2.05, 4.69) is 21.2 Å². The molecule has 0 radical (unpaired) electrons. The molecule has 2 atom stereocenters. The SMILES string of the molecule is O=CC1COCC(c2cc(Br)ccc2F)(C2CC2)N1. The van der Waals surface area contributed by atoms with Gasteiger partial charge in [-0.25, -0.2) is 4.39 Å². The molecule has 1 saturated carbocycles. The zero-order valence-electron chi connectivity index (χ0n) is 10.4. The minimum Gasteiger partial charge on any atom is -0.377 e. The summed E-state index contributed by atoms with van der Waals surface area (Å²) in [4.78, 5) is 11.0. The van der Waals surface area contributed by atoms with Crippen molar-refractivity contribution in [3.8, 4) is 0 Å². The summed E-state index contributed by atoms with van der Waals surface area (Å²) in [5.74, 6) is 0.0804. The fourth-order valence-electron chi connectivity index (χ4n) is 2.86. The fourth-order valence-corrected chi connectivity index (χ4v) is 3.22. The predicted molar refractivity (Wildman–Crippen MR) is 72.3 cm³/mol. The maximum Gasteiger partial charge on any atom is 0.139 e. The van der Waals surface area contributed by atoms with Crippen molar-refractivity contribution in [2.45, 2.75) is 24.4 Å². The van der Waals surface area contributed by atoms with Crippen molar-refractivity contribution in [2.24, 2.45) is 5.92 Å². The number of hydrogen-bond donors (Lipinski definition) is 1. The van der Waals surface area contributed by atoms with Gasteiger partial charge >= 0.3 is 0 Å². The molecule has 3 nitrogen and oxygen atoms in total. The van der Waals surface area contributed by atoms with Crippen molar-refractivity contribution in [3.63, 3.8) is 0 Å². The van der Waals surface area contributed by atoms with E-state index in [0.717, 1.165) is 23.6 Å². The van der Waals surface area contributed by atoms with E-state index in [9.17, 15) is 9.18 Å². The van der Waals surface area contributed by atoms with Crippen LogP contribution >= 0.6 is 15.9 Å². The van der Waals surface area contributed by atoms with Gasteiger partial charge in [-0.2, -0.15) is 0 Å². The molecule has 19 heavy (non-hydrogen) atoms. The summed E-state index contributed by atoms with van der Waals surface area (Å²) >= 11 is 3.38. The highest BCUT2D eigenvalue weighted by Crippen LogP contribution is 2.48. The van der Waals surface area contributed by atoms with E-state index in [1.165, 1.54) is 6.07 Å². The van der Waals surface area contributed by atoms with Crippen molar-refractivity contribution in [1.29, 1.82) is 0 Å². The van der Waals surface area contributed by atoms with Crippen LogP contribution in [0.5, 0.6) is 0 Å². The van der Waals surface area contributed by atoms with Crippen LogP contribution in [0, 0.1) is 11.7 Å². The Labute approximate surface area is 119 Å². The van der Waals surface area contributed by atoms with E-state index >= 15 is 0 Å². The Kier molecular flexibility index (Phi) is 3.45. The third-order valence-electron chi connectivity index (χ3n) is 3.92. The Hall–Kier alpha value is -0.780. The van der Waals surface area contributed by atoms with E-state index in [4.69, 9.17) is 4.74 Å². The third-order valence-corrected chi connectivity index (χ3v) is 4.41. The number of benzene rings is 1. The summed E-state index contributed by atoms with van der Waals surface area (Å²) in [6.45, 7) is 0.767. The van der Waals surface area contributed by atoms with Crippen molar-refractivity contribution < 1.29 is 13.9 Å². The second-order valence-electron chi connectivity index (χ2n) is 5.27. The maximum atomic E-state index is 14.2. The number of morpholine rings is 1. The van der Waals surface area contributed by atoms with Crippen LogP contribution in [-0.4, -0.2) is 25.5 Å². The van der Waals surface area contributed by atoms with E-state index in [1.807, 2.05) is 0 Å². The average Bonchev–Trinajstić information content (AvgIpc) is 3.26. The number of rotatable bonds is 3. The molecule has 1 aromatic carbocycles. The van der Waals surface area contributed by atoms with E-state index in [1.54, 1.807) is 12.1 Å². The molecule has 0 aromatic heterocycles. The highest BCUT2D eigenvalue weighted by atomic mass is 79.9. The molecule has 1 aliphatic heterocycles. The standard InChI is InChI=1S/C14H15BrFNO2/c15-10-3-4-13(16)12(5-10)14(9-1-2-9)8-19-7-11(6-18)17-14/h3-6,9,11,17H,1-2,7-8H2. The second kappa shape index (κ2) is 4.96. The molecule has 0 bridgehead atoms. The first kappa shape index (κ1) is 13.2. The van der Waals surface area contributed by atoms with Crippen LogP contribution in [-0.2, 0) is 15.1 Å². The molecule has 2 fully saturated rings. The number of nitrogens with one attached hydrogen (secondary N) is 1. The average molecular weight is 328 g/mol. The van der Waals surface area contributed by atoms with Crippen LogP contribution in [0.4, 0.5) is 4.39 Å². The van der Waals surface area contributed by atoms with Gasteiger partial charge in [0.15, 0.2) is 0 Å². The predicted octanol–water partition coefficient (Wildman–Crippen LogP) is 2.38. The van der Waals surface area contributed by atoms with Crippen LogP contribution in [0.2, 0.25) is 0 Å². The van der Waals surface area contributed by atoms with Gasteiger partial charge in [-0.3, -0.25) is 5.32 Å². The molecule has 1 N–H and O–H groups in total. The molecule has 3 rings (SSSR count). The van der Waals surface area contributed by atoms with Crippen LogP contribution < -0.4 is 5.32 Å². The normalized spacial score (nSPS) is 31.2. The lowest BCUT2D eigenvalue weighted by molar-refractivity contribution is -0.115. The zero-order chi connectivity index (χ0) is 13.5. The van der Waals surface area contributed by atoms with Gasteiger partial charge in [0.05, 0.1) is 24.8 Å². The first-order valence-corrected chi connectivity index (χ1v) is 7.21. The van der Waals surface area contributed by atoms with Gasteiger partial charge in [-0.05, 0) is 37.0 Å². The summed E-state index contributed by atoms with van der Waals surface area (Å²) < 4.78 is 20.6. The maximum absolute atomic E-state index is 14.2. The van der Waals surface area contributed by atoms with Gasteiger partial charge in [0, 0.05) is 10.0 Å². The number of hydrogen-bond acceptors (Lipinski definition) is 3. The summed E-state index contributed by atoms with van der Waals surface area (Å²) in [7, 11) is 0. The molecule has 1 heterocycles. The lowest BCUT2D eigenvalue weighted by Crippen LogP contribution is -2.59. The van der Waals surface area contributed by atoms with Gasteiger partial charge in [0.25, 0.3) is 0 Å². The topological polar surface area (TPSA) is 38.3 Å². The molecular formula is C14H15BrFNO2. The highest BCUT2D eigenvalue weighted by Gasteiger charge is 2.50. The fraction of sp³-hybridized carbons (Fsp3) is 0.500. The van der Waals surface area contributed by atoms with E-state index < -0.39 is 5.54 Å². The lowest BCUT2D eigenvalue weighted by Gasteiger charge is -2.41. The monoisotopic (exact) mass is 327 g/mol. The number of aldehydes is 1. The van der Waals surface area contributed by atoms with Gasteiger partial charge in [-0.1, -0.05) is 15.9 Å². The molecule has 2 aliphatic rings. The van der Waals surface area contributed by atoms with E-state index in [0.29, 0.717) is 24.7 Å². The summed E-state index contributed by atoms with van der Waals surface area (Å²) in [6.07, 6.45) is 2.91.